The molecule has 0 aliphatic carbocycles. The highest BCUT2D eigenvalue weighted by Gasteiger charge is 2.20. The van der Waals surface area contributed by atoms with E-state index in [1.54, 1.807) is 5.56 Å². The molecular formula is C12H17N. The van der Waals surface area contributed by atoms with E-state index in [0.29, 0.717) is 6.04 Å². The maximum atomic E-state index is 2.39. The molecule has 0 saturated carbocycles. The molecule has 0 radical (unpaired) electrons. The molecule has 0 aromatic heterocycles. The Morgan fingerprint density at radius 1 is 1.38 bits per heavy atom. The minimum atomic E-state index is 0.689. The first kappa shape index (κ1) is 8.61. The maximum absolute atomic E-state index is 2.39. The summed E-state index contributed by atoms with van der Waals surface area (Å²) in [7, 11) is 2.20. The predicted octanol–water partition coefficient (Wildman–Crippen LogP) is 2.77. The quantitative estimate of drug-likeness (QED) is 0.586. The Kier molecular flexibility index (Phi) is 2.03. The third-order valence-electron chi connectivity index (χ3n) is 3.24. The van der Waals surface area contributed by atoms with Crippen LogP contribution in [0.5, 0.6) is 0 Å². The van der Waals surface area contributed by atoms with Crippen LogP contribution in [0.4, 0.5) is 5.69 Å². The third kappa shape index (κ3) is 1.32. The van der Waals surface area contributed by atoms with E-state index in [2.05, 4.69) is 44.0 Å². The van der Waals surface area contributed by atoms with Crippen molar-refractivity contribution in [3.8, 4) is 0 Å². The van der Waals surface area contributed by atoms with Gasteiger partial charge in [-0.3, -0.25) is 0 Å². The Balaban J connectivity index is 2.49. The van der Waals surface area contributed by atoms with E-state index in [9.17, 15) is 0 Å². The van der Waals surface area contributed by atoms with Gasteiger partial charge in [-0.15, -0.1) is 0 Å². The molecule has 0 spiro atoms. The number of aryl methyl sites for hydroxylation is 1. The number of rotatable bonds is 0. The van der Waals surface area contributed by atoms with Gasteiger partial charge in [0.1, 0.15) is 0 Å². The van der Waals surface area contributed by atoms with Gasteiger partial charge in [-0.2, -0.15) is 0 Å². The zero-order valence-electron chi connectivity index (χ0n) is 8.67. The highest BCUT2D eigenvalue weighted by atomic mass is 15.1. The normalized spacial score (nSPS) is 21.5. The van der Waals surface area contributed by atoms with Crippen molar-refractivity contribution in [2.24, 2.45) is 0 Å². The first-order valence-electron chi connectivity index (χ1n) is 5.01. The molecule has 0 bridgehead atoms. The molecule has 1 nitrogen and oxygen atoms in total. The van der Waals surface area contributed by atoms with Crippen molar-refractivity contribution < 1.29 is 0 Å². The van der Waals surface area contributed by atoms with Gasteiger partial charge in [0, 0.05) is 18.8 Å². The lowest BCUT2D eigenvalue weighted by Crippen LogP contribution is -2.33. The fourth-order valence-electron chi connectivity index (χ4n) is 2.13. The van der Waals surface area contributed by atoms with Crippen molar-refractivity contribution in [2.45, 2.75) is 32.7 Å². The lowest BCUT2D eigenvalue weighted by Gasteiger charge is -2.34. The fourth-order valence-corrected chi connectivity index (χ4v) is 2.13. The largest absolute Gasteiger partial charge is 0.372 e. The van der Waals surface area contributed by atoms with Crippen LogP contribution in [0.25, 0.3) is 0 Å². The SMILES string of the molecule is Cc1cccc2c1CCC(C)N2C. The van der Waals surface area contributed by atoms with Crippen molar-refractivity contribution >= 4 is 5.69 Å². The van der Waals surface area contributed by atoms with Crippen LogP contribution in [0.1, 0.15) is 24.5 Å². The third-order valence-corrected chi connectivity index (χ3v) is 3.24. The summed E-state index contributed by atoms with van der Waals surface area (Å²) >= 11 is 0. The molecule has 1 aromatic carbocycles. The van der Waals surface area contributed by atoms with Crippen LogP contribution in [0.15, 0.2) is 18.2 Å². The first-order chi connectivity index (χ1) is 6.20. The van der Waals surface area contributed by atoms with Gasteiger partial charge in [0.15, 0.2) is 0 Å². The Bertz CT molecular complexity index is 317. The zero-order chi connectivity index (χ0) is 9.42. The molecule has 1 aliphatic rings. The Hall–Kier alpha value is -0.980. The summed E-state index contributed by atoms with van der Waals surface area (Å²) in [5.74, 6) is 0. The number of hydrogen-bond acceptors (Lipinski definition) is 1. The average molecular weight is 175 g/mol. The number of benzene rings is 1. The maximum Gasteiger partial charge on any atom is 0.0401 e. The molecule has 1 heteroatoms. The van der Waals surface area contributed by atoms with Gasteiger partial charge in [0.05, 0.1) is 0 Å². The monoisotopic (exact) mass is 175 g/mol. The molecule has 70 valence electrons. The first-order valence-corrected chi connectivity index (χ1v) is 5.01. The lowest BCUT2D eigenvalue weighted by molar-refractivity contribution is 0.597. The van der Waals surface area contributed by atoms with Gasteiger partial charge in [0.25, 0.3) is 0 Å². The topological polar surface area (TPSA) is 3.24 Å². The molecule has 13 heavy (non-hydrogen) atoms. The summed E-state index contributed by atoms with van der Waals surface area (Å²) in [6, 6.07) is 7.29. The van der Waals surface area contributed by atoms with Crippen LogP contribution in [0, 0.1) is 6.92 Å². The smallest absolute Gasteiger partial charge is 0.0401 e. The van der Waals surface area contributed by atoms with Crippen LogP contribution in [-0.4, -0.2) is 13.1 Å². The molecule has 0 fully saturated rings. The summed E-state index contributed by atoms with van der Waals surface area (Å²) in [6.45, 7) is 4.51. The van der Waals surface area contributed by atoms with E-state index in [-0.39, 0.29) is 0 Å². The zero-order valence-corrected chi connectivity index (χ0v) is 8.67. The Labute approximate surface area is 80.4 Å². The van der Waals surface area contributed by atoms with Crippen molar-refractivity contribution in [3.05, 3.63) is 29.3 Å². The molecule has 1 aromatic rings. The molecule has 2 rings (SSSR count). The van der Waals surface area contributed by atoms with Crippen molar-refractivity contribution in [3.63, 3.8) is 0 Å². The Morgan fingerprint density at radius 2 is 2.15 bits per heavy atom. The van der Waals surface area contributed by atoms with Crippen LogP contribution < -0.4 is 4.90 Å². The molecule has 0 saturated heterocycles. The Morgan fingerprint density at radius 3 is 2.92 bits per heavy atom. The molecule has 1 heterocycles. The van der Waals surface area contributed by atoms with Crippen molar-refractivity contribution in [1.82, 2.24) is 0 Å². The second kappa shape index (κ2) is 3.06. The van der Waals surface area contributed by atoms with Gasteiger partial charge in [-0.1, -0.05) is 12.1 Å². The summed E-state index contributed by atoms with van der Waals surface area (Å²) in [5.41, 5.74) is 4.41. The minimum Gasteiger partial charge on any atom is -0.372 e. The highest BCUT2D eigenvalue weighted by Crippen LogP contribution is 2.31. The van der Waals surface area contributed by atoms with Crippen molar-refractivity contribution in [1.29, 1.82) is 0 Å². The van der Waals surface area contributed by atoms with Gasteiger partial charge in [-0.05, 0) is 43.9 Å². The van der Waals surface area contributed by atoms with E-state index >= 15 is 0 Å². The van der Waals surface area contributed by atoms with Gasteiger partial charge in [0.2, 0.25) is 0 Å². The summed E-state index contributed by atoms with van der Waals surface area (Å²) < 4.78 is 0. The lowest BCUT2D eigenvalue weighted by atomic mass is 9.94. The fraction of sp³-hybridized carbons (Fsp3) is 0.500. The summed E-state index contributed by atoms with van der Waals surface area (Å²) in [5, 5.41) is 0. The second-order valence-corrected chi connectivity index (χ2v) is 4.07. The summed E-state index contributed by atoms with van der Waals surface area (Å²) in [6.07, 6.45) is 2.53. The van der Waals surface area contributed by atoms with Crippen LogP contribution in [0.2, 0.25) is 0 Å². The average Bonchev–Trinajstić information content (AvgIpc) is 2.12. The van der Waals surface area contributed by atoms with Gasteiger partial charge in [-0.25, -0.2) is 0 Å². The molecule has 1 aliphatic heterocycles. The number of anilines is 1. The predicted molar refractivity (Wildman–Crippen MR) is 57.4 cm³/mol. The number of fused-ring (bicyclic) bond motifs is 1. The highest BCUT2D eigenvalue weighted by molar-refractivity contribution is 5.58. The molecule has 0 amide bonds. The van der Waals surface area contributed by atoms with E-state index in [0.717, 1.165) is 0 Å². The molecule has 1 atom stereocenters. The van der Waals surface area contributed by atoms with Gasteiger partial charge < -0.3 is 4.90 Å². The van der Waals surface area contributed by atoms with Crippen LogP contribution >= 0.6 is 0 Å². The standard InChI is InChI=1S/C12H17N/c1-9-5-4-6-12-11(9)8-7-10(2)13(12)3/h4-6,10H,7-8H2,1-3H3. The van der Waals surface area contributed by atoms with Crippen molar-refractivity contribution in [2.75, 3.05) is 11.9 Å². The van der Waals surface area contributed by atoms with E-state index in [4.69, 9.17) is 0 Å². The minimum absolute atomic E-state index is 0.689. The van der Waals surface area contributed by atoms with Crippen LogP contribution in [0.3, 0.4) is 0 Å². The number of nitrogens with zero attached hydrogens (tertiary/aromatic N) is 1. The van der Waals surface area contributed by atoms with E-state index in [1.165, 1.54) is 24.1 Å². The number of hydrogen-bond donors (Lipinski definition) is 0. The van der Waals surface area contributed by atoms with E-state index < -0.39 is 0 Å². The molecular weight excluding hydrogens is 158 g/mol. The molecule has 0 N–H and O–H groups in total. The second-order valence-electron chi connectivity index (χ2n) is 4.07. The molecule has 1 unspecified atom stereocenters. The summed E-state index contributed by atoms with van der Waals surface area (Å²) in [4.78, 5) is 2.39. The van der Waals surface area contributed by atoms with Crippen LogP contribution in [-0.2, 0) is 6.42 Å². The van der Waals surface area contributed by atoms with E-state index in [1.807, 2.05) is 0 Å². The van der Waals surface area contributed by atoms with Gasteiger partial charge >= 0.3 is 0 Å².